The lowest BCUT2D eigenvalue weighted by atomic mass is 9.72. The monoisotopic (exact) mass is 1500 g/mol. The first-order valence-corrected chi connectivity index (χ1v) is 45.8. The van der Waals surface area contributed by atoms with Crippen LogP contribution in [0.25, 0.3) is 0 Å². The first-order valence-electron chi connectivity index (χ1n) is 45.8. The fraction of sp³-hybridized carbons (Fsp3) is 1.00. The Labute approximate surface area is 674 Å². The third kappa shape index (κ3) is 36.7. The second-order valence-electron chi connectivity index (χ2n) is 48.6. The quantitative estimate of drug-likeness (QED) is 0.238. The summed E-state index contributed by atoms with van der Waals surface area (Å²) < 4.78 is 0. The van der Waals surface area contributed by atoms with Crippen molar-refractivity contribution in [2.45, 2.75) is 499 Å². The summed E-state index contributed by atoms with van der Waals surface area (Å²) in [5.74, 6) is 6.47. The third-order valence-electron chi connectivity index (χ3n) is 26.3. The smallest absolute Gasteiger partial charge is 0.0149 e. The van der Waals surface area contributed by atoms with E-state index >= 15 is 0 Å². The minimum atomic E-state index is 0.342. The van der Waals surface area contributed by atoms with E-state index in [0.717, 1.165) is 65.6 Å². The molecule has 9 aliphatic rings. The molecule has 0 aromatic carbocycles. The minimum Gasteiger partial charge on any atom is -0.298 e. The molecule has 8 aliphatic heterocycles. The zero-order valence-electron chi connectivity index (χ0n) is 83.5. The first-order chi connectivity index (χ1) is 47.5. The average molecular weight is 1500 g/mol. The van der Waals surface area contributed by atoms with Crippen molar-refractivity contribution in [1.82, 2.24) is 34.3 Å². The van der Waals surface area contributed by atoms with E-state index in [9.17, 15) is 0 Å². The Bertz CT molecular complexity index is 2130. The largest absolute Gasteiger partial charge is 0.298 e. The van der Waals surface area contributed by atoms with E-state index < -0.39 is 0 Å². The molecular weight excluding hydrogens is 1290 g/mol. The van der Waals surface area contributed by atoms with Crippen LogP contribution in [0.2, 0.25) is 0 Å². The molecule has 640 valence electrons. The molecule has 8 unspecified atom stereocenters. The molecule has 106 heavy (non-hydrogen) atoms. The van der Waals surface area contributed by atoms with E-state index in [1.54, 1.807) is 0 Å². The van der Waals surface area contributed by atoms with Gasteiger partial charge in [-0.05, 0) is 354 Å². The zero-order chi connectivity index (χ0) is 84.4. The highest BCUT2D eigenvalue weighted by molar-refractivity contribution is 5.05. The molecule has 7 heteroatoms. The molecule has 9 rings (SSSR count). The van der Waals surface area contributed by atoms with Crippen LogP contribution in [-0.2, 0) is 0 Å². The maximum Gasteiger partial charge on any atom is 0.0149 e. The van der Waals surface area contributed by atoms with Gasteiger partial charge in [-0.2, -0.15) is 0 Å². The van der Waals surface area contributed by atoms with Crippen LogP contribution in [0.4, 0.5) is 0 Å². The van der Waals surface area contributed by atoms with Gasteiger partial charge >= 0.3 is 0 Å². The molecule has 0 aromatic heterocycles. The van der Waals surface area contributed by atoms with Crippen LogP contribution >= 0.6 is 0 Å². The van der Waals surface area contributed by atoms with Crippen molar-refractivity contribution in [3.63, 3.8) is 0 Å². The Hall–Kier alpha value is -0.280. The van der Waals surface area contributed by atoms with E-state index in [1.165, 1.54) is 155 Å². The lowest BCUT2D eigenvalue weighted by Gasteiger charge is -2.52. The minimum absolute atomic E-state index is 0.342. The summed E-state index contributed by atoms with van der Waals surface area (Å²) >= 11 is 0. The summed E-state index contributed by atoms with van der Waals surface area (Å²) in [4.78, 5) is 18.7. The van der Waals surface area contributed by atoms with Crippen LogP contribution in [-0.4, -0.2) is 163 Å². The Morgan fingerprint density at radius 3 is 0.802 bits per heavy atom. The molecule has 0 amide bonds. The molecule has 4 bridgehead atoms. The molecule has 8 atom stereocenters. The highest BCUT2D eigenvalue weighted by Crippen LogP contribution is 2.52. The molecule has 1 aliphatic carbocycles. The van der Waals surface area contributed by atoms with Crippen LogP contribution < -0.4 is 0 Å². The van der Waals surface area contributed by atoms with Crippen molar-refractivity contribution in [3.05, 3.63) is 0 Å². The van der Waals surface area contributed by atoms with Crippen molar-refractivity contribution in [2.24, 2.45) is 79.3 Å². The standard InChI is InChI=1S/C15H29N.C14H27N.C14H29N.C13H27N.2C12H25N.C11H23N.4C2H6/c1-14(2,3)11-9-12-7-8-13(10-11)16(12)15(4,5)6;1-13(2,3)12-8-11-7-10(12)9-15(11)14(4,5)6;1-13(2,3)12-8-7-10-15(11-9-12)14(4,5)6;1-12(2,3)11-7-9-14(10-8-11)13(4,5)6;1-11(2,3)10-7-8-13(9-10)12(4,5)6;1-11(2,3)10-8-7-9-13(10)12(4,5)6;1-10(2,3)9-7-12(8-9)11(4,5)6;4*1-2/h11-13H,7-10H2,1-6H3;10-12H,7-9H2,1-6H3;12H,7-11H2,1-6H3;11H,7-10H2,1-6H3;2*10H,7-9H2,1-6H3;9H,7-8H2,1-6H3;4*1-2H3. The van der Waals surface area contributed by atoms with Gasteiger partial charge in [0.1, 0.15) is 0 Å². The van der Waals surface area contributed by atoms with Gasteiger partial charge in [0.05, 0.1) is 0 Å². The van der Waals surface area contributed by atoms with Crippen molar-refractivity contribution >= 4 is 0 Å². The molecule has 8 heterocycles. The van der Waals surface area contributed by atoms with Gasteiger partial charge in [0.25, 0.3) is 0 Å². The van der Waals surface area contributed by atoms with Crippen LogP contribution in [0.15, 0.2) is 0 Å². The molecular formula is C99H209N7. The second-order valence-corrected chi connectivity index (χ2v) is 48.6. The summed E-state index contributed by atoms with van der Waals surface area (Å²) in [6, 6.07) is 3.37. The summed E-state index contributed by atoms with van der Waals surface area (Å²) in [5.41, 5.74) is 5.99. The van der Waals surface area contributed by atoms with Gasteiger partial charge in [0, 0.05) is 89.1 Å². The fourth-order valence-corrected chi connectivity index (χ4v) is 19.0. The number of fused-ring (bicyclic) bond motifs is 4. The number of hydrogen-bond donors (Lipinski definition) is 0. The summed E-state index contributed by atoms with van der Waals surface area (Å²) in [6.07, 6.45) is 19.7. The lowest BCUT2D eigenvalue weighted by molar-refractivity contribution is -0.0345. The van der Waals surface area contributed by atoms with Crippen molar-refractivity contribution in [2.75, 3.05) is 65.4 Å². The Balaban J connectivity index is 0. The van der Waals surface area contributed by atoms with Gasteiger partial charge in [0.15, 0.2) is 0 Å². The van der Waals surface area contributed by atoms with Gasteiger partial charge in [-0.15, -0.1) is 0 Å². The molecule has 9 fully saturated rings. The number of rotatable bonds is 0. The molecule has 7 nitrogen and oxygen atoms in total. The summed E-state index contributed by atoms with van der Waals surface area (Å²) in [5, 5.41) is 0. The van der Waals surface area contributed by atoms with Gasteiger partial charge in [-0.3, -0.25) is 34.3 Å². The van der Waals surface area contributed by atoms with Crippen molar-refractivity contribution in [3.8, 4) is 0 Å². The second kappa shape index (κ2) is 43.1. The lowest BCUT2D eigenvalue weighted by Crippen LogP contribution is -2.59. The number of hydrogen-bond acceptors (Lipinski definition) is 7. The van der Waals surface area contributed by atoms with Crippen molar-refractivity contribution < 1.29 is 0 Å². The van der Waals surface area contributed by atoms with Crippen LogP contribution in [0, 0.1) is 79.3 Å². The number of likely N-dealkylation sites (tertiary alicyclic amines) is 6. The number of nitrogens with zero attached hydrogens (tertiary/aromatic N) is 7. The van der Waals surface area contributed by atoms with E-state index in [1.807, 2.05) is 55.4 Å². The Morgan fingerprint density at radius 2 is 0.528 bits per heavy atom. The van der Waals surface area contributed by atoms with E-state index in [4.69, 9.17) is 0 Å². The first kappa shape index (κ1) is 108. The summed E-state index contributed by atoms with van der Waals surface area (Å²) in [7, 11) is 0. The van der Waals surface area contributed by atoms with Crippen LogP contribution in [0.5, 0.6) is 0 Å². The van der Waals surface area contributed by atoms with Gasteiger partial charge in [-0.1, -0.05) is 201 Å². The van der Waals surface area contributed by atoms with Crippen molar-refractivity contribution in [1.29, 1.82) is 0 Å². The van der Waals surface area contributed by atoms with Crippen LogP contribution in [0.1, 0.15) is 436 Å². The topological polar surface area (TPSA) is 22.7 Å². The SMILES string of the molecule is CC.CC.CC.CC.CC(C)(C)C1CC2CC1CN2C(C)(C)C.CC(C)(C)C1CC2CCC(C1)N2C(C)(C)C.CC(C)(C)C1CCCN(C(C)(C)C)CC1.CC(C)(C)C1CCCN1C(C)(C)C.CC(C)(C)C1CCN(C(C)(C)C)C1.CC(C)(C)C1CCN(C(C)(C)C)CC1.CC(C)(C)C1CN(C(C)(C)C)C1. The normalized spacial score (nSPS) is 26.9. The molecule has 0 radical (unpaired) electrons. The van der Waals surface area contributed by atoms with E-state index in [-0.39, 0.29) is 0 Å². The predicted octanol–water partition coefficient (Wildman–Crippen LogP) is 28.4. The van der Waals surface area contributed by atoms with E-state index in [0.29, 0.717) is 76.7 Å². The van der Waals surface area contributed by atoms with Crippen LogP contribution in [0.3, 0.4) is 0 Å². The van der Waals surface area contributed by atoms with Gasteiger partial charge in [-0.25, -0.2) is 0 Å². The molecule has 8 saturated heterocycles. The average Bonchev–Trinajstić information content (AvgIpc) is 1.60. The predicted molar refractivity (Wildman–Crippen MR) is 486 cm³/mol. The number of piperidine rings is 3. The Kier molecular flexibility index (Phi) is 43.8. The molecule has 0 spiro atoms. The summed E-state index contributed by atoms with van der Waals surface area (Å²) in [6.45, 7) is 128. The van der Waals surface area contributed by atoms with E-state index in [2.05, 4.69) is 325 Å². The molecule has 1 saturated carbocycles. The highest BCUT2D eigenvalue weighted by Gasteiger charge is 2.52. The Morgan fingerprint density at radius 1 is 0.208 bits per heavy atom. The highest BCUT2D eigenvalue weighted by atomic mass is 15.3. The van der Waals surface area contributed by atoms with Gasteiger partial charge in [0.2, 0.25) is 0 Å². The third-order valence-corrected chi connectivity index (χ3v) is 26.3. The maximum atomic E-state index is 2.81. The fourth-order valence-electron chi connectivity index (χ4n) is 19.0. The molecule has 0 aromatic rings. The van der Waals surface area contributed by atoms with Gasteiger partial charge < -0.3 is 0 Å². The maximum absolute atomic E-state index is 2.81. The molecule has 0 N–H and O–H groups in total. The zero-order valence-corrected chi connectivity index (χ0v) is 83.5.